The van der Waals surface area contributed by atoms with Crippen LogP contribution in [0.1, 0.15) is 49.7 Å². The monoisotopic (exact) mass is 538 g/mol. The molecule has 1 aliphatic carbocycles. The highest BCUT2D eigenvalue weighted by Crippen LogP contribution is 2.40. The number of methoxy groups -OCH3 is 2. The van der Waals surface area contributed by atoms with E-state index in [1.54, 1.807) is 14.2 Å². The van der Waals surface area contributed by atoms with Gasteiger partial charge in [-0.2, -0.15) is 4.98 Å². The molecule has 3 aromatic rings. The molecule has 1 saturated carbocycles. The molecule has 1 aromatic heterocycles. The molecule has 4 rings (SSSR count). The molecule has 1 fully saturated rings. The lowest BCUT2D eigenvalue weighted by atomic mass is 9.94. The number of nitrogens with zero attached hydrogens (tertiary/aromatic N) is 2. The number of nitrogens with one attached hydrogen (secondary N) is 2. The normalized spacial score (nSPS) is 14.6. The number of hydrogen-bond acceptors (Lipinski definition) is 10. The van der Waals surface area contributed by atoms with Crippen LogP contribution >= 0.6 is 0 Å². The summed E-state index contributed by atoms with van der Waals surface area (Å²) in [5.74, 6) is 1.01. The number of nitrogens with two attached hydrogens (primary N) is 2. The zero-order valence-electron chi connectivity index (χ0n) is 22.8. The Morgan fingerprint density at radius 1 is 1.10 bits per heavy atom. The summed E-state index contributed by atoms with van der Waals surface area (Å²) in [6.07, 6.45) is 5.81. The van der Waals surface area contributed by atoms with E-state index in [9.17, 15) is 9.90 Å². The fourth-order valence-corrected chi connectivity index (χ4v) is 5.11. The SMILES string of the molecule is COc1cc(NCc2ccc3nc(N)nc(N)c3c2C)cc(OC)c1OCC[C@H](NC1CCCCC1)C(=O)O. The molecule has 11 nitrogen and oxygen atoms in total. The summed E-state index contributed by atoms with van der Waals surface area (Å²) in [7, 11) is 3.11. The molecule has 210 valence electrons. The summed E-state index contributed by atoms with van der Waals surface area (Å²) in [5.41, 5.74) is 15.3. The van der Waals surface area contributed by atoms with Gasteiger partial charge in [0.1, 0.15) is 11.9 Å². The van der Waals surface area contributed by atoms with Crippen molar-refractivity contribution in [1.29, 1.82) is 0 Å². The number of rotatable bonds is 12. The molecule has 0 aliphatic heterocycles. The largest absolute Gasteiger partial charge is 0.493 e. The molecule has 0 radical (unpaired) electrons. The average molecular weight is 539 g/mol. The van der Waals surface area contributed by atoms with Crippen molar-refractivity contribution in [3.8, 4) is 17.2 Å². The van der Waals surface area contributed by atoms with E-state index < -0.39 is 12.0 Å². The first-order valence-electron chi connectivity index (χ1n) is 13.2. The molecule has 0 saturated heterocycles. The molecular weight excluding hydrogens is 500 g/mol. The van der Waals surface area contributed by atoms with Crippen LogP contribution in [0.5, 0.6) is 17.2 Å². The van der Waals surface area contributed by atoms with Gasteiger partial charge in [0.25, 0.3) is 0 Å². The number of anilines is 3. The fourth-order valence-electron chi connectivity index (χ4n) is 5.11. The molecule has 39 heavy (non-hydrogen) atoms. The minimum absolute atomic E-state index is 0.144. The molecule has 0 bridgehead atoms. The van der Waals surface area contributed by atoms with Crippen molar-refractivity contribution in [3.63, 3.8) is 0 Å². The summed E-state index contributed by atoms with van der Waals surface area (Å²) < 4.78 is 17.2. The van der Waals surface area contributed by atoms with Gasteiger partial charge < -0.3 is 41.4 Å². The highest BCUT2D eigenvalue weighted by atomic mass is 16.5. The maximum atomic E-state index is 11.8. The van der Waals surface area contributed by atoms with Crippen molar-refractivity contribution >= 4 is 34.3 Å². The second kappa shape index (κ2) is 12.7. The number of nitrogen functional groups attached to an aromatic ring is 2. The first-order valence-corrected chi connectivity index (χ1v) is 13.2. The van der Waals surface area contributed by atoms with E-state index in [0.717, 1.165) is 47.9 Å². The zero-order valence-corrected chi connectivity index (χ0v) is 22.8. The Bertz CT molecular complexity index is 1290. The first kappa shape index (κ1) is 28.0. The third-order valence-corrected chi connectivity index (χ3v) is 7.22. The number of benzene rings is 2. The quantitative estimate of drug-likeness (QED) is 0.227. The van der Waals surface area contributed by atoms with Gasteiger partial charge in [-0.3, -0.25) is 4.79 Å². The van der Waals surface area contributed by atoms with E-state index in [1.807, 2.05) is 31.2 Å². The minimum Gasteiger partial charge on any atom is -0.493 e. The third-order valence-electron chi connectivity index (χ3n) is 7.22. The third kappa shape index (κ3) is 6.72. The molecule has 0 amide bonds. The van der Waals surface area contributed by atoms with Crippen LogP contribution < -0.4 is 36.3 Å². The molecule has 1 heterocycles. The van der Waals surface area contributed by atoms with Crippen molar-refractivity contribution < 1.29 is 24.1 Å². The standard InChI is InChI=1S/C28H38N6O5/c1-16-17(9-10-20-24(16)26(29)34-28(30)33-20)15-31-19-13-22(37-2)25(23(14-19)38-3)39-12-11-21(27(35)36)32-18-7-5-4-6-8-18/h9-10,13-14,18,21,31-32H,4-8,11-12,15H2,1-3H3,(H,35,36)(H4,29,30,33,34)/t21-/m0/s1. The van der Waals surface area contributed by atoms with Crippen LogP contribution in [0.3, 0.4) is 0 Å². The van der Waals surface area contributed by atoms with E-state index in [4.69, 9.17) is 25.7 Å². The number of carboxylic acids is 1. The highest BCUT2D eigenvalue weighted by Gasteiger charge is 2.24. The number of aryl methyl sites for hydroxylation is 1. The predicted molar refractivity (Wildman–Crippen MR) is 152 cm³/mol. The van der Waals surface area contributed by atoms with Crippen LogP contribution in [0.15, 0.2) is 24.3 Å². The van der Waals surface area contributed by atoms with Gasteiger partial charge in [-0.05, 0) is 37.0 Å². The van der Waals surface area contributed by atoms with Crippen LogP contribution in [0, 0.1) is 6.92 Å². The van der Waals surface area contributed by atoms with Gasteiger partial charge >= 0.3 is 5.97 Å². The van der Waals surface area contributed by atoms with E-state index in [1.165, 1.54) is 6.42 Å². The second-order valence-corrected chi connectivity index (χ2v) is 9.80. The van der Waals surface area contributed by atoms with Gasteiger partial charge in [0.15, 0.2) is 11.5 Å². The lowest BCUT2D eigenvalue weighted by Crippen LogP contribution is -2.44. The number of carbonyl (C=O) groups is 1. The molecule has 7 N–H and O–H groups in total. The van der Waals surface area contributed by atoms with E-state index >= 15 is 0 Å². The van der Waals surface area contributed by atoms with Crippen LogP contribution in [0.4, 0.5) is 17.5 Å². The van der Waals surface area contributed by atoms with Crippen LogP contribution in [-0.4, -0.2) is 54.0 Å². The minimum atomic E-state index is -0.872. The van der Waals surface area contributed by atoms with Crippen molar-refractivity contribution in [2.45, 2.75) is 64.1 Å². The number of ether oxygens (including phenoxy) is 3. The number of carboxylic acid groups (broad SMARTS) is 1. The van der Waals surface area contributed by atoms with Gasteiger partial charge in [-0.25, -0.2) is 4.98 Å². The molecule has 0 spiro atoms. The number of aromatic nitrogens is 2. The maximum absolute atomic E-state index is 11.8. The summed E-state index contributed by atoms with van der Waals surface area (Å²) in [6, 6.07) is 7.06. The Labute approximate surface area is 228 Å². The summed E-state index contributed by atoms with van der Waals surface area (Å²) >= 11 is 0. The van der Waals surface area contributed by atoms with Crippen molar-refractivity contribution in [1.82, 2.24) is 15.3 Å². The Kier molecular flexibility index (Phi) is 9.13. The topological polar surface area (TPSA) is 167 Å². The van der Waals surface area contributed by atoms with Crippen LogP contribution in [0.2, 0.25) is 0 Å². The molecule has 1 atom stereocenters. The fraction of sp³-hybridized carbons (Fsp3) is 0.464. The van der Waals surface area contributed by atoms with Crippen molar-refractivity contribution in [2.24, 2.45) is 0 Å². The summed E-state index contributed by atoms with van der Waals surface area (Å²) in [5, 5.41) is 17.2. The summed E-state index contributed by atoms with van der Waals surface area (Å²) in [4.78, 5) is 20.2. The first-order chi connectivity index (χ1) is 18.8. The number of hydrogen-bond donors (Lipinski definition) is 5. The van der Waals surface area contributed by atoms with Gasteiger partial charge in [0.05, 0.1) is 26.3 Å². The van der Waals surface area contributed by atoms with Gasteiger partial charge in [-0.15, -0.1) is 0 Å². The summed E-state index contributed by atoms with van der Waals surface area (Å²) in [6.45, 7) is 2.67. The van der Waals surface area contributed by atoms with E-state index in [0.29, 0.717) is 41.5 Å². The molecular formula is C28H38N6O5. The van der Waals surface area contributed by atoms with Gasteiger partial charge in [-0.1, -0.05) is 25.3 Å². The van der Waals surface area contributed by atoms with Gasteiger partial charge in [0, 0.05) is 42.2 Å². The van der Waals surface area contributed by atoms with E-state index in [-0.39, 0.29) is 18.6 Å². The van der Waals surface area contributed by atoms with Crippen molar-refractivity contribution in [2.75, 3.05) is 37.6 Å². The Hall–Kier alpha value is -3.99. The molecule has 1 aliphatic rings. The zero-order chi connectivity index (χ0) is 27.9. The predicted octanol–water partition coefficient (Wildman–Crippen LogP) is 3.88. The van der Waals surface area contributed by atoms with Crippen molar-refractivity contribution in [3.05, 3.63) is 35.4 Å². The second-order valence-electron chi connectivity index (χ2n) is 9.80. The molecule has 0 unspecified atom stereocenters. The number of fused-ring (bicyclic) bond motifs is 1. The Morgan fingerprint density at radius 3 is 2.44 bits per heavy atom. The Balaban J connectivity index is 1.44. The molecule has 2 aromatic carbocycles. The van der Waals surface area contributed by atoms with Crippen LogP contribution in [-0.2, 0) is 11.3 Å². The lowest BCUT2D eigenvalue weighted by Gasteiger charge is -2.26. The number of aliphatic carboxylic acids is 1. The average Bonchev–Trinajstić information content (AvgIpc) is 2.92. The highest BCUT2D eigenvalue weighted by molar-refractivity contribution is 5.92. The van der Waals surface area contributed by atoms with E-state index in [2.05, 4.69) is 20.6 Å². The Morgan fingerprint density at radius 2 is 1.79 bits per heavy atom. The smallest absolute Gasteiger partial charge is 0.320 e. The lowest BCUT2D eigenvalue weighted by molar-refractivity contribution is -0.140. The van der Waals surface area contributed by atoms with Crippen LogP contribution in [0.25, 0.3) is 10.9 Å². The van der Waals surface area contributed by atoms with Gasteiger partial charge in [0.2, 0.25) is 11.7 Å². The molecule has 11 heteroatoms. The maximum Gasteiger partial charge on any atom is 0.320 e.